The van der Waals surface area contributed by atoms with Gasteiger partial charge in [0.05, 0.1) is 19.6 Å². The van der Waals surface area contributed by atoms with Crippen LogP contribution in [0.25, 0.3) is 0 Å². The first kappa shape index (κ1) is 15.8. The van der Waals surface area contributed by atoms with Gasteiger partial charge in [-0.15, -0.1) is 0 Å². The number of carbonyl (C=O) groups is 3. The first-order valence-electron chi connectivity index (χ1n) is 7.29. The van der Waals surface area contributed by atoms with Crippen molar-refractivity contribution in [3.63, 3.8) is 0 Å². The lowest BCUT2D eigenvalue weighted by Crippen LogP contribution is -2.45. The van der Waals surface area contributed by atoms with Gasteiger partial charge in [-0.3, -0.25) is 14.9 Å². The van der Waals surface area contributed by atoms with Gasteiger partial charge in [-0.25, -0.2) is 4.79 Å². The Morgan fingerprint density at radius 2 is 2.04 bits per heavy atom. The molecular formula is C15H16ClN3O4. The van der Waals surface area contributed by atoms with E-state index in [1.165, 1.54) is 0 Å². The van der Waals surface area contributed by atoms with E-state index >= 15 is 0 Å². The molecule has 23 heavy (non-hydrogen) atoms. The highest BCUT2D eigenvalue weighted by molar-refractivity contribution is 6.30. The number of halogens is 1. The van der Waals surface area contributed by atoms with Gasteiger partial charge in [0.15, 0.2) is 0 Å². The van der Waals surface area contributed by atoms with E-state index in [1.807, 2.05) is 12.1 Å². The van der Waals surface area contributed by atoms with Gasteiger partial charge in [0.1, 0.15) is 12.1 Å². The van der Waals surface area contributed by atoms with Crippen molar-refractivity contribution in [1.29, 1.82) is 0 Å². The average molecular weight is 338 g/mol. The maximum Gasteiger partial charge on any atom is 0.322 e. The topological polar surface area (TPSA) is 87.7 Å². The zero-order valence-electron chi connectivity index (χ0n) is 12.3. The third kappa shape index (κ3) is 3.62. The molecular weight excluding hydrogens is 322 g/mol. The molecule has 122 valence electrons. The molecule has 7 nitrogen and oxygen atoms in total. The Bertz CT molecular complexity index is 634. The zero-order valence-corrected chi connectivity index (χ0v) is 13.0. The molecule has 1 aromatic rings. The summed E-state index contributed by atoms with van der Waals surface area (Å²) in [4.78, 5) is 36.6. The molecule has 0 spiro atoms. The molecule has 2 saturated heterocycles. The van der Waals surface area contributed by atoms with Crippen LogP contribution >= 0.6 is 11.6 Å². The Kier molecular flexibility index (Phi) is 4.49. The molecule has 0 saturated carbocycles. The van der Waals surface area contributed by atoms with Crippen molar-refractivity contribution in [1.82, 2.24) is 15.5 Å². The van der Waals surface area contributed by atoms with Gasteiger partial charge in [-0.1, -0.05) is 23.7 Å². The summed E-state index contributed by atoms with van der Waals surface area (Å²) >= 11 is 5.87. The second-order valence-electron chi connectivity index (χ2n) is 5.47. The molecule has 8 heteroatoms. The highest BCUT2D eigenvalue weighted by Crippen LogP contribution is 2.24. The van der Waals surface area contributed by atoms with Gasteiger partial charge in [-0.2, -0.15) is 0 Å². The van der Waals surface area contributed by atoms with Gasteiger partial charge < -0.3 is 15.0 Å². The van der Waals surface area contributed by atoms with E-state index < -0.39 is 18.0 Å². The Balaban J connectivity index is 1.61. The van der Waals surface area contributed by atoms with Crippen LogP contribution < -0.4 is 10.6 Å². The summed E-state index contributed by atoms with van der Waals surface area (Å²) in [5, 5.41) is 5.19. The van der Waals surface area contributed by atoms with E-state index in [4.69, 9.17) is 16.3 Å². The minimum absolute atomic E-state index is 0.0507. The van der Waals surface area contributed by atoms with Gasteiger partial charge in [0, 0.05) is 11.6 Å². The van der Waals surface area contributed by atoms with E-state index in [2.05, 4.69) is 10.6 Å². The lowest BCUT2D eigenvalue weighted by molar-refractivity contribution is -0.140. The number of hydrogen-bond acceptors (Lipinski definition) is 4. The van der Waals surface area contributed by atoms with Crippen LogP contribution in [0.2, 0.25) is 5.02 Å². The van der Waals surface area contributed by atoms with Crippen molar-refractivity contribution in [2.45, 2.75) is 18.6 Å². The van der Waals surface area contributed by atoms with Crippen molar-refractivity contribution < 1.29 is 19.1 Å². The third-order valence-corrected chi connectivity index (χ3v) is 4.15. The Morgan fingerprint density at radius 1 is 1.30 bits per heavy atom. The van der Waals surface area contributed by atoms with Crippen LogP contribution in [0.15, 0.2) is 24.3 Å². The second kappa shape index (κ2) is 6.55. The van der Waals surface area contributed by atoms with Crippen molar-refractivity contribution in [2.75, 3.05) is 19.7 Å². The highest BCUT2D eigenvalue weighted by atomic mass is 35.5. The number of benzene rings is 1. The number of nitrogens with one attached hydrogen (secondary N) is 2. The number of carbonyl (C=O) groups excluding carboxylic acids is 3. The van der Waals surface area contributed by atoms with Crippen LogP contribution in [0.5, 0.6) is 0 Å². The van der Waals surface area contributed by atoms with E-state index in [9.17, 15) is 14.4 Å². The number of hydrogen-bond donors (Lipinski definition) is 2. The smallest absolute Gasteiger partial charge is 0.322 e. The molecule has 2 aliphatic heterocycles. The zero-order chi connectivity index (χ0) is 16.4. The number of amides is 4. The summed E-state index contributed by atoms with van der Waals surface area (Å²) < 4.78 is 5.71. The number of urea groups is 1. The van der Waals surface area contributed by atoms with E-state index in [0.717, 1.165) is 5.56 Å². The molecule has 2 heterocycles. The van der Waals surface area contributed by atoms with E-state index in [-0.39, 0.29) is 18.4 Å². The van der Waals surface area contributed by atoms with Crippen LogP contribution in [0.3, 0.4) is 0 Å². The SMILES string of the molecule is O=C1NC(=O)[C@H](CC(=O)N2CCO[C@H](c3ccc(Cl)cc3)C2)N1. The highest BCUT2D eigenvalue weighted by Gasteiger charge is 2.34. The fraction of sp³-hybridized carbons (Fsp3) is 0.400. The lowest BCUT2D eigenvalue weighted by atomic mass is 10.1. The number of morpholine rings is 1. The van der Waals surface area contributed by atoms with Gasteiger partial charge in [-0.05, 0) is 17.7 Å². The van der Waals surface area contributed by atoms with Crippen LogP contribution in [0.4, 0.5) is 4.79 Å². The monoisotopic (exact) mass is 337 g/mol. The van der Waals surface area contributed by atoms with Gasteiger partial charge >= 0.3 is 6.03 Å². The minimum Gasteiger partial charge on any atom is -0.370 e. The molecule has 0 bridgehead atoms. The molecule has 0 aromatic heterocycles. The Hall–Kier alpha value is -2.12. The average Bonchev–Trinajstić information content (AvgIpc) is 2.85. The molecule has 3 rings (SSSR count). The fourth-order valence-electron chi connectivity index (χ4n) is 2.66. The molecule has 2 atom stereocenters. The van der Waals surface area contributed by atoms with E-state index in [0.29, 0.717) is 24.7 Å². The quantitative estimate of drug-likeness (QED) is 0.800. The Morgan fingerprint density at radius 3 is 2.70 bits per heavy atom. The number of ether oxygens (including phenoxy) is 1. The molecule has 0 aliphatic carbocycles. The predicted octanol–water partition coefficient (Wildman–Crippen LogP) is 0.838. The Labute approximate surface area is 137 Å². The summed E-state index contributed by atoms with van der Waals surface area (Å²) in [6.45, 7) is 1.29. The predicted molar refractivity (Wildman–Crippen MR) is 81.8 cm³/mol. The summed E-state index contributed by atoms with van der Waals surface area (Å²) in [6, 6.07) is 5.93. The minimum atomic E-state index is -0.799. The maximum atomic E-state index is 12.4. The normalized spacial score (nSPS) is 24.3. The van der Waals surface area contributed by atoms with Crippen molar-refractivity contribution in [2.24, 2.45) is 0 Å². The largest absolute Gasteiger partial charge is 0.370 e. The molecule has 1 aromatic carbocycles. The van der Waals surface area contributed by atoms with Crippen LogP contribution in [-0.2, 0) is 14.3 Å². The third-order valence-electron chi connectivity index (χ3n) is 3.90. The van der Waals surface area contributed by atoms with Gasteiger partial charge in [0.2, 0.25) is 5.91 Å². The summed E-state index contributed by atoms with van der Waals surface area (Å²) in [5.41, 5.74) is 0.943. The molecule has 4 amide bonds. The fourth-order valence-corrected chi connectivity index (χ4v) is 2.79. The molecule has 2 N–H and O–H groups in total. The number of nitrogens with zero attached hydrogens (tertiary/aromatic N) is 1. The van der Waals surface area contributed by atoms with Crippen molar-refractivity contribution in [3.05, 3.63) is 34.9 Å². The maximum absolute atomic E-state index is 12.4. The molecule has 0 radical (unpaired) electrons. The van der Waals surface area contributed by atoms with Crippen LogP contribution in [-0.4, -0.2) is 48.5 Å². The van der Waals surface area contributed by atoms with Gasteiger partial charge in [0.25, 0.3) is 5.91 Å². The summed E-state index contributed by atoms with van der Waals surface area (Å²) in [5.74, 6) is -0.652. The number of imide groups is 1. The summed E-state index contributed by atoms with van der Waals surface area (Å²) in [6.07, 6.45) is -0.276. The summed E-state index contributed by atoms with van der Waals surface area (Å²) in [7, 11) is 0. The van der Waals surface area contributed by atoms with Crippen LogP contribution in [0, 0.1) is 0 Å². The van der Waals surface area contributed by atoms with E-state index in [1.54, 1.807) is 17.0 Å². The van der Waals surface area contributed by atoms with Crippen LogP contribution in [0.1, 0.15) is 18.1 Å². The van der Waals surface area contributed by atoms with Crippen molar-refractivity contribution >= 4 is 29.4 Å². The first-order chi connectivity index (χ1) is 11.0. The standard InChI is InChI=1S/C15H16ClN3O4/c16-10-3-1-9(2-4-10)12-8-19(5-6-23-12)13(20)7-11-14(21)18-15(22)17-11/h1-4,11-12H,5-8H2,(H2,17,18,21,22)/t11-,12-/m0/s1. The van der Waals surface area contributed by atoms with Crippen molar-refractivity contribution in [3.8, 4) is 0 Å². The first-order valence-corrected chi connectivity index (χ1v) is 7.67. The second-order valence-corrected chi connectivity index (χ2v) is 5.91. The number of rotatable bonds is 3. The molecule has 2 aliphatic rings. The molecule has 2 fully saturated rings. The molecule has 0 unspecified atom stereocenters. The lowest BCUT2D eigenvalue weighted by Gasteiger charge is -2.33.